The minimum absolute atomic E-state index is 0.101. The maximum absolute atomic E-state index is 8.82. The van der Waals surface area contributed by atoms with Gasteiger partial charge in [0.25, 0.3) is 0 Å². The zero-order chi connectivity index (χ0) is 53.7. The molecule has 4 aromatic heterocycles. The SMILES string of the molecule is [2H]c1c([2H])c([2H])c(-c2cnc(N3c4ccccc4C4(c5cnccc5-c5ccncc54)c4ccc(Oc5cccc(-n6[c](=[Pt])n(-c7c(-c8ccccc8)cccc7-c7ccccc7)c7ccccc76)c5)cc43)cc2C)c([2H])c1[2H]. The zero-order valence-corrected chi connectivity index (χ0v) is 42.0. The van der Waals surface area contributed by atoms with Crippen LogP contribution in [0, 0.1) is 10.7 Å². The number of pyridine rings is 3. The van der Waals surface area contributed by atoms with Crippen molar-refractivity contribution in [1.82, 2.24) is 24.1 Å². The average Bonchev–Trinajstić information content (AvgIpc) is 4.05. The van der Waals surface area contributed by atoms with Crippen molar-refractivity contribution in [2.45, 2.75) is 12.3 Å². The number of imidazole rings is 1. The fourth-order valence-corrected chi connectivity index (χ4v) is 12.4. The Morgan fingerprint density at radius 1 is 0.486 bits per heavy atom. The molecule has 354 valence electrons. The van der Waals surface area contributed by atoms with Gasteiger partial charge in [0.05, 0.1) is 6.85 Å². The molecule has 0 unspecified atom stereocenters. The van der Waals surface area contributed by atoms with E-state index in [9.17, 15) is 0 Å². The van der Waals surface area contributed by atoms with Gasteiger partial charge >= 0.3 is 306 Å². The molecule has 2 aliphatic rings. The molecule has 1 aliphatic heterocycles. The molecule has 8 aromatic carbocycles. The van der Waals surface area contributed by atoms with Crippen LogP contribution in [0.5, 0.6) is 11.5 Å². The third-order valence-corrected chi connectivity index (χ3v) is 15.5. The Labute approximate surface area is 446 Å². The van der Waals surface area contributed by atoms with Crippen LogP contribution in [0.1, 0.15) is 34.7 Å². The zero-order valence-electron chi connectivity index (χ0n) is 44.7. The van der Waals surface area contributed by atoms with Crippen LogP contribution in [0.25, 0.3) is 66.9 Å². The van der Waals surface area contributed by atoms with Crippen molar-refractivity contribution in [3.63, 3.8) is 0 Å². The predicted molar refractivity (Wildman–Crippen MR) is 292 cm³/mol. The molecule has 0 saturated carbocycles. The van der Waals surface area contributed by atoms with Gasteiger partial charge in [-0.2, -0.15) is 0 Å². The first-order chi connectivity index (χ1) is 38.6. The summed E-state index contributed by atoms with van der Waals surface area (Å²) in [6.45, 7) is 1.88. The van der Waals surface area contributed by atoms with Gasteiger partial charge < -0.3 is 0 Å². The van der Waals surface area contributed by atoms with Gasteiger partial charge in [0.1, 0.15) is 0 Å². The van der Waals surface area contributed by atoms with Crippen molar-refractivity contribution < 1.29 is 30.9 Å². The van der Waals surface area contributed by atoms with Crippen LogP contribution >= 0.6 is 0 Å². The molecule has 8 heteroatoms. The van der Waals surface area contributed by atoms with Crippen LogP contribution in [0.15, 0.2) is 249 Å². The van der Waals surface area contributed by atoms with Crippen molar-refractivity contribution in [1.29, 1.82) is 0 Å². The second-order valence-electron chi connectivity index (χ2n) is 18.4. The molecular formula is C66H44N6OPt. The van der Waals surface area contributed by atoms with Crippen molar-refractivity contribution in [2.24, 2.45) is 0 Å². The predicted octanol–water partition coefficient (Wildman–Crippen LogP) is 15.9. The van der Waals surface area contributed by atoms with Gasteiger partial charge in [0.2, 0.25) is 0 Å². The topological polar surface area (TPSA) is 61.0 Å². The van der Waals surface area contributed by atoms with Crippen LogP contribution in [-0.4, -0.2) is 24.1 Å². The maximum atomic E-state index is 8.82. The molecule has 7 nitrogen and oxygen atoms in total. The van der Waals surface area contributed by atoms with Crippen LogP contribution in [0.2, 0.25) is 0 Å². The average molecular weight is 1140 g/mol. The Bertz CT molecular complexity index is 4410. The molecule has 14 rings (SSSR count). The molecule has 0 bridgehead atoms. The fourth-order valence-electron chi connectivity index (χ4n) is 11.4. The second kappa shape index (κ2) is 17.6. The standard InChI is InChI=1S/C66H44N6O.Pt/c1-44-37-64(69-40-55(44)47-21-9-4-10-22-47)72-60-28-12-11-27-56(60)66(58-41-67-35-33-53(58)54-34-36-68-42-59(54)66)57-32-31-50(39-63(57)72)73-49-24-15-23-48(38-49)70-43-71(62-30-14-13-29-61(62)70)65-51(45-17-5-2-6-18-45)25-16-26-52(65)46-19-7-3-8-20-46;/h2-42H,1H3;/i4D,9D,10D,21D,22D;. The summed E-state index contributed by atoms with van der Waals surface area (Å²) in [5.41, 5.74) is 16.8. The van der Waals surface area contributed by atoms with E-state index in [2.05, 4.69) is 191 Å². The third kappa shape index (κ3) is 6.77. The van der Waals surface area contributed by atoms with Crippen molar-refractivity contribution in [2.75, 3.05) is 4.90 Å². The number of anilines is 3. The monoisotopic (exact) mass is 1140 g/mol. The molecule has 74 heavy (non-hydrogen) atoms. The third-order valence-electron chi connectivity index (χ3n) is 14.4. The van der Waals surface area contributed by atoms with Gasteiger partial charge in [0, 0.05) is 36.5 Å². The van der Waals surface area contributed by atoms with E-state index in [1.54, 1.807) is 6.20 Å². The van der Waals surface area contributed by atoms with E-state index in [0.29, 0.717) is 28.4 Å². The molecular weight excluding hydrogens is 1090 g/mol. The Balaban J connectivity index is 0.934. The number of fused-ring (bicyclic) bond motifs is 10. The van der Waals surface area contributed by atoms with Crippen molar-refractivity contribution in [3.05, 3.63) is 281 Å². The van der Waals surface area contributed by atoms with Gasteiger partial charge in [-0.15, -0.1) is 0 Å². The molecule has 1 spiro atoms. The molecule has 0 amide bonds. The summed E-state index contributed by atoms with van der Waals surface area (Å²) in [7, 11) is 0. The minimum atomic E-state index is -0.836. The first-order valence-corrected chi connectivity index (χ1v) is 25.4. The fraction of sp³-hybridized carbons (Fsp3) is 0.0303. The summed E-state index contributed by atoms with van der Waals surface area (Å²) < 4.78 is 55.5. The normalized spacial score (nSPS) is 13.8. The molecule has 0 N–H and O–H groups in total. The van der Waals surface area contributed by atoms with Gasteiger partial charge in [-0.1, -0.05) is 48.4 Å². The van der Waals surface area contributed by atoms with Gasteiger partial charge in [-0.3, -0.25) is 9.97 Å². The van der Waals surface area contributed by atoms with Crippen molar-refractivity contribution >= 4 is 28.2 Å². The number of hydrogen-bond donors (Lipinski definition) is 0. The summed E-state index contributed by atoms with van der Waals surface area (Å²) in [5, 5.41) is 0. The Morgan fingerprint density at radius 3 is 1.78 bits per heavy atom. The molecule has 12 aromatic rings. The quantitative estimate of drug-likeness (QED) is 0.152. The van der Waals surface area contributed by atoms with E-state index >= 15 is 0 Å². The summed E-state index contributed by atoms with van der Waals surface area (Å²) in [6.07, 6.45) is 9.22. The van der Waals surface area contributed by atoms with E-state index in [1.165, 1.54) is 0 Å². The molecule has 0 radical (unpaired) electrons. The Kier molecular flexibility index (Phi) is 9.20. The number of ether oxygens (including phenoxy) is 1. The van der Waals surface area contributed by atoms with Gasteiger partial charge in [-0.25, -0.2) is 0 Å². The number of aryl methyl sites for hydroxylation is 1. The number of para-hydroxylation sites is 4. The molecule has 1 aliphatic carbocycles. The number of rotatable bonds is 8. The van der Waals surface area contributed by atoms with E-state index < -0.39 is 23.5 Å². The number of hydrogen-bond acceptors (Lipinski definition) is 5. The summed E-state index contributed by atoms with van der Waals surface area (Å²) in [4.78, 5) is 16.7. The smallest absolute Gasteiger partial charge is 0.0616 e. The van der Waals surface area contributed by atoms with E-state index in [1.807, 2.05) is 62.0 Å². The van der Waals surface area contributed by atoms with E-state index in [-0.39, 0.29) is 17.6 Å². The first kappa shape index (κ1) is 38.6. The summed E-state index contributed by atoms with van der Waals surface area (Å²) in [5.74, 6) is 1.79. The summed E-state index contributed by atoms with van der Waals surface area (Å²) >= 11 is 2.47. The van der Waals surface area contributed by atoms with Crippen LogP contribution < -0.4 is 9.64 Å². The molecule has 0 atom stereocenters. The molecule has 5 heterocycles. The Hall–Kier alpha value is -9.03. The molecule has 0 saturated heterocycles. The first-order valence-electron chi connectivity index (χ1n) is 26.8. The second-order valence-corrected chi connectivity index (χ2v) is 19.4. The van der Waals surface area contributed by atoms with E-state index in [0.717, 1.165) is 93.2 Å². The van der Waals surface area contributed by atoms with Crippen LogP contribution in [-0.2, 0) is 24.8 Å². The number of benzene rings is 8. The van der Waals surface area contributed by atoms with Crippen LogP contribution in [0.4, 0.5) is 17.2 Å². The van der Waals surface area contributed by atoms with Crippen LogP contribution in [0.3, 0.4) is 0 Å². The van der Waals surface area contributed by atoms with Gasteiger partial charge in [0.15, 0.2) is 0 Å². The Morgan fingerprint density at radius 2 is 1.09 bits per heavy atom. The summed E-state index contributed by atoms with van der Waals surface area (Å²) in [6, 6.07) is 63.2. The van der Waals surface area contributed by atoms with E-state index in [4.69, 9.17) is 26.5 Å². The minimum Gasteiger partial charge on any atom is -0.0616 e. The number of aromatic nitrogens is 5. The number of nitrogens with zero attached hydrogens (tertiary/aromatic N) is 6. The van der Waals surface area contributed by atoms with Crippen molar-refractivity contribution in [3.8, 4) is 67.4 Å². The van der Waals surface area contributed by atoms with Gasteiger partial charge in [-0.05, 0) is 41.3 Å². The molecule has 0 fully saturated rings.